The second kappa shape index (κ2) is 7.98. The van der Waals surface area contributed by atoms with Gasteiger partial charge in [-0.05, 0) is 31.2 Å². The third kappa shape index (κ3) is 4.20. The second-order valence-electron chi connectivity index (χ2n) is 5.95. The molecule has 0 N–H and O–H groups in total. The zero-order valence-corrected chi connectivity index (χ0v) is 15.5. The van der Waals surface area contributed by atoms with Gasteiger partial charge in [-0.2, -0.15) is 0 Å². The third-order valence-corrected chi connectivity index (χ3v) is 4.90. The van der Waals surface area contributed by atoms with Crippen LogP contribution >= 0.6 is 23.2 Å². The van der Waals surface area contributed by atoms with E-state index in [0.29, 0.717) is 23.9 Å². The van der Waals surface area contributed by atoms with Crippen molar-refractivity contribution in [1.82, 2.24) is 4.90 Å². The van der Waals surface area contributed by atoms with Crippen molar-refractivity contribution >= 4 is 34.8 Å². The smallest absolute Gasteiger partial charge is 0.263 e. The summed E-state index contributed by atoms with van der Waals surface area (Å²) in [7, 11) is 0. The number of anilines is 1. The van der Waals surface area contributed by atoms with E-state index in [4.69, 9.17) is 27.9 Å². The number of halogens is 2. The van der Waals surface area contributed by atoms with Crippen LogP contribution in [0.1, 0.15) is 6.92 Å². The lowest BCUT2D eigenvalue weighted by Gasteiger charge is -2.37. The Morgan fingerprint density at radius 3 is 2.20 bits per heavy atom. The highest BCUT2D eigenvalue weighted by atomic mass is 35.5. The fraction of sp³-hybridized carbons (Fsp3) is 0.316. The van der Waals surface area contributed by atoms with Gasteiger partial charge in [-0.1, -0.05) is 47.5 Å². The Labute approximate surface area is 157 Å². The quantitative estimate of drug-likeness (QED) is 0.802. The van der Waals surface area contributed by atoms with Crippen molar-refractivity contribution in [3.63, 3.8) is 0 Å². The molecule has 2 aromatic carbocycles. The van der Waals surface area contributed by atoms with E-state index < -0.39 is 6.10 Å². The van der Waals surface area contributed by atoms with Gasteiger partial charge in [-0.15, -0.1) is 0 Å². The number of ether oxygens (including phenoxy) is 1. The molecule has 0 bridgehead atoms. The molecule has 1 atom stereocenters. The van der Waals surface area contributed by atoms with Gasteiger partial charge in [0, 0.05) is 26.2 Å². The first-order valence-electron chi connectivity index (χ1n) is 8.25. The minimum atomic E-state index is -0.577. The van der Waals surface area contributed by atoms with Gasteiger partial charge >= 0.3 is 0 Å². The number of piperazine rings is 1. The predicted molar refractivity (Wildman–Crippen MR) is 102 cm³/mol. The maximum absolute atomic E-state index is 12.6. The number of benzene rings is 2. The van der Waals surface area contributed by atoms with Crippen LogP contribution in [0.15, 0.2) is 48.5 Å². The van der Waals surface area contributed by atoms with E-state index in [0.717, 1.165) is 23.8 Å². The molecule has 25 heavy (non-hydrogen) atoms. The maximum atomic E-state index is 12.6. The van der Waals surface area contributed by atoms with Crippen molar-refractivity contribution < 1.29 is 9.53 Å². The highest BCUT2D eigenvalue weighted by Crippen LogP contribution is 2.27. The summed E-state index contributed by atoms with van der Waals surface area (Å²) in [5.74, 6) is 0.499. The van der Waals surface area contributed by atoms with Gasteiger partial charge in [0.05, 0.1) is 15.7 Å². The highest BCUT2D eigenvalue weighted by Gasteiger charge is 2.27. The standard InChI is InChI=1S/C19H20Cl2N2O2/c1-14(25-18-9-5-3-7-16(18)21)19(24)23-12-10-22(11-13-23)17-8-4-2-6-15(17)20/h2-9,14H,10-13H2,1H3. The molecule has 132 valence electrons. The van der Waals surface area contributed by atoms with Crippen LogP contribution in [0.5, 0.6) is 5.75 Å². The molecule has 1 amide bonds. The Hall–Kier alpha value is -1.91. The molecule has 0 aliphatic carbocycles. The Balaban J connectivity index is 1.58. The molecule has 0 aromatic heterocycles. The number of para-hydroxylation sites is 2. The molecule has 1 heterocycles. The van der Waals surface area contributed by atoms with Gasteiger partial charge in [0.15, 0.2) is 6.10 Å². The van der Waals surface area contributed by atoms with Crippen LogP contribution in [0, 0.1) is 0 Å². The number of carbonyl (C=O) groups is 1. The van der Waals surface area contributed by atoms with E-state index >= 15 is 0 Å². The van der Waals surface area contributed by atoms with Gasteiger partial charge in [0.2, 0.25) is 0 Å². The molecule has 6 heteroatoms. The fourth-order valence-electron chi connectivity index (χ4n) is 2.91. The van der Waals surface area contributed by atoms with Crippen LogP contribution in [-0.4, -0.2) is 43.1 Å². The number of rotatable bonds is 4. The lowest BCUT2D eigenvalue weighted by molar-refractivity contribution is -0.138. The number of amides is 1. The first kappa shape index (κ1) is 17.9. The monoisotopic (exact) mass is 378 g/mol. The SMILES string of the molecule is CC(Oc1ccccc1Cl)C(=O)N1CCN(c2ccccc2Cl)CC1. The molecule has 4 nitrogen and oxygen atoms in total. The Bertz CT molecular complexity index is 746. The van der Waals surface area contributed by atoms with Crippen LogP contribution in [0.25, 0.3) is 0 Å². The molecule has 1 aliphatic rings. The fourth-order valence-corrected chi connectivity index (χ4v) is 3.35. The van der Waals surface area contributed by atoms with Crippen molar-refractivity contribution in [3.8, 4) is 5.75 Å². The van der Waals surface area contributed by atoms with Crippen molar-refractivity contribution in [3.05, 3.63) is 58.6 Å². The lowest BCUT2D eigenvalue weighted by atomic mass is 10.2. The Morgan fingerprint density at radius 2 is 1.56 bits per heavy atom. The Kier molecular flexibility index (Phi) is 5.71. The number of hydrogen-bond donors (Lipinski definition) is 0. The van der Waals surface area contributed by atoms with Gasteiger partial charge < -0.3 is 14.5 Å². The van der Waals surface area contributed by atoms with E-state index in [1.165, 1.54) is 0 Å². The molecule has 1 unspecified atom stereocenters. The predicted octanol–water partition coefficient (Wildman–Crippen LogP) is 4.11. The topological polar surface area (TPSA) is 32.8 Å². The summed E-state index contributed by atoms with van der Waals surface area (Å²) in [6.07, 6.45) is -0.577. The molecule has 0 spiro atoms. The first-order valence-corrected chi connectivity index (χ1v) is 9.01. The summed E-state index contributed by atoms with van der Waals surface area (Å²) in [6, 6.07) is 14.9. The summed E-state index contributed by atoms with van der Waals surface area (Å²) in [5, 5.41) is 1.24. The van der Waals surface area contributed by atoms with Crippen LogP contribution in [0.2, 0.25) is 10.0 Å². The van der Waals surface area contributed by atoms with E-state index in [9.17, 15) is 4.79 Å². The van der Waals surface area contributed by atoms with Crippen molar-refractivity contribution in [2.24, 2.45) is 0 Å². The maximum Gasteiger partial charge on any atom is 0.263 e. The average molecular weight is 379 g/mol. The van der Waals surface area contributed by atoms with Crippen LogP contribution < -0.4 is 9.64 Å². The molecule has 1 saturated heterocycles. The second-order valence-corrected chi connectivity index (χ2v) is 6.77. The van der Waals surface area contributed by atoms with Crippen LogP contribution in [0.3, 0.4) is 0 Å². The first-order chi connectivity index (χ1) is 12.1. The minimum Gasteiger partial charge on any atom is -0.479 e. The molecule has 2 aromatic rings. The van der Waals surface area contributed by atoms with Crippen molar-refractivity contribution in [1.29, 1.82) is 0 Å². The van der Waals surface area contributed by atoms with E-state index in [2.05, 4.69) is 4.90 Å². The molecular weight excluding hydrogens is 359 g/mol. The van der Waals surface area contributed by atoms with Gasteiger partial charge in [0.1, 0.15) is 5.75 Å². The molecule has 1 aliphatic heterocycles. The molecular formula is C19H20Cl2N2O2. The molecule has 1 fully saturated rings. The summed E-state index contributed by atoms with van der Waals surface area (Å²) in [6.45, 7) is 4.52. The Morgan fingerprint density at radius 1 is 0.960 bits per heavy atom. The molecule has 3 rings (SSSR count). The summed E-state index contributed by atoms with van der Waals surface area (Å²) >= 11 is 12.3. The van der Waals surface area contributed by atoms with Gasteiger partial charge in [-0.3, -0.25) is 4.79 Å². The van der Waals surface area contributed by atoms with Crippen LogP contribution in [-0.2, 0) is 4.79 Å². The van der Waals surface area contributed by atoms with E-state index in [1.54, 1.807) is 19.1 Å². The average Bonchev–Trinajstić information content (AvgIpc) is 2.63. The molecule has 0 saturated carbocycles. The summed E-state index contributed by atoms with van der Waals surface area (Å²) in [5.41, 5.74) is 1.01. The van der Waals surface area contributed by atoms with Crippen LogP contribution in [0.4, 0.5) is 5.69 Å². The minimum absolute atomic E-state index is 0.0290. The van der Waals surface area contributed by atoms with Crippen molar-refractivity contribution in [2.75, 3.05) is 31.1 Å². The third-order valence-electron chi connectivity index (χ3n) is 4.27. The van der Waals surface area contributed by atoms with Gasteiger partial charge in [-0.25, -0.2) is 0 Å². The number of nitrogens with zero attached hydrogens (tertiary/aromatic N) is 2. The zero-order chi connectivity index (χ0) is 17.8. The number of carbonyl (C=O) groups excluding carboxylic acids is 1. The van der Waals surface area contributed by atoms with Gasteiger partial charge in [0.25, 0.3) is 5.91 Å². The highest BCUT2D eigenvalue weighted by molar-refractivity contribution is 6.33. The molecule has 0 radical (unpaired) electrons. The van der Waals surface area contributed by atoms with E-state index in [1.807, 2.05) is 41.3 Å². The number of hydrogen-bond acceptors (Lipinski definition) is 3. The van der Waals surface area contributed by atoms with Crippen molar-refractivity contribution in [2.45, 2.75) is 13.0 Å². The normalized spacial score (nSPS) is 15.8. The lowest BCUT2D eigenvalue weighted by Crippen LogP contribution is -2.52. The zero-order valence-electron chi connectivity index (χ0n) is 14.0. The summed E-state index contributed by atoms with van der Waals surface area (Å²) in [4.78, 5) is 16.7. The largest absolute Gasteiger partial charge is 0.479 e. The summed E-state index contributed by atoms with van der Waals surface area (Å²) < 4.78 is 5.73. The van der Waals surface area contributed by atoms with E-state index in [-0.39, 0.29) is 5.91 Å².